The standard InChI is InChI=1S/C31H48N2O4SSi2/c1-30(2,3)39(7,8)36-26-18-19-28(29(21-26)37-40(9,10)31(4,5)6)24-14-16-25(17-15-24)33-38(34,35)27-13-11-12-23(20-27)22-32/h11-13,18-21,24-25,33H,14-17H2,1-10H3/t24-,25+. The van der Waals surface area contributed by atoms with Crippen molar-refractivity contribution in [1.82, 2.24) is 4.72 Å². The third-order valence-electron chi connectivity index (χ3n) is 9.10. The van der Waals surface area contributed by atoms with Crippen LogP contribution in [0, 0.1) is 11.3 Å². The summed E-state index contributed by atoms with van der Waals surface area (Å²) < 4.78 is 42.5. The van der Waals surface area contributed by atoms with Crippen molar-refractivity contribution in [3.8, 4) is 17.6 Å². The Kier molecular flexibility index (Phi) is 9.42. The van der Waals surface area contributed by atoms with E-state index in [2.05, 4.69) is 90.7 Å². The second kappa shape index (κ2) is 11.6. The van der Waals surface area contributed by atoms with Gasteiger partial charge in [0, 0.05) is 12.1 Å². The fourth-order valence-corrected chi connectivity index (χ4v) is 7.83. The van der Waals surface area contributed by atoms with E-state index >= 15 is 0 Å². The normalized spacial score (nSPS) is 19.1. The van der Waals surface area contributed by atoms with E-state index in [4.69, 9.17) is 14.1 Å². The number of rotatable bonds is 8. The summed E-state index contributed by atoms with van der Waals surface area (Å²) >= 11 is 0. The highest BCUT2D eigenvalue weighted by Gasteiger charge is 2.41. The number of sulfonamides is 1. The summed E-state index contributed by atoms with van der Waals surface area (Å²) in [5, 5.41) is 9.30. The van der Waals surface area contributed by atoms with E-state index in [1.807, 2.05) is 6.07 Å². The summed E-state index contributed by atoms with van der Waals surface area (Å²) in [6.45, 7) is 22.5. The van der Waals surface area contributed by atoms with Crippen LogP contribution in [0.15, 0.2) is 47.4 Å². The molecule has 0 unspecified atom stereocenters. The van der Waals surface area contributed by atoms with Gasteiger partial charge in [-0.15, -0.1) is 0 Å². The monoisotopic (exact) mass is 600 g/mol. The average molecular weight is 601 g/mol. The molecular weight excluding hydrogens is 553 g/mol. The van der Waals surface area contributed by atoms with Gasteiger partial charge in [-0.3, -0.25) is 0 Å². The van der Waals surface area contributed by atoms with Gasteiger partial charge in [0.15, 0.2) is 0 Å². The Balaban J connectivity index is 1.83. The maximum absolute atomic E-state index is 13.0. The van der Waals surface area contributed by atoms with Gasteiger partial charge in [-0.05, 0) is 97.7 Å². The molecule has 1 aliphatic carbocycles. The smallest absolute Gasteiger partial charge is 0.250 e. The van der Waals surface area contributed by atoms with Crippen molar-refractivity contribution in [3.05, 3.63) is 53.6 Å². The Morgan fingerprint density at radius 3 is 1.98 bits per heavy atom. The molecule has 0 saturated heterocycles. The first-order valence-electron chi connectivity index (χ1n) is 14.3. The molecular formula is C31H48N2O4SSi2. The molecule has 0 aliphatic heterocycles. The SMILES string of the molecule is CC(C)(C)[Si](C)(C)Oc1ccc([C@H]2CC[C@@H](NS(=O)(=O)c3cccc(C#N)c3)CC2)c(O[Si](C)(C)C(C)(C)C)c1. The van der Waals surface area contributed by atoms with Crippen molar-refractivity contribution in [2.24, 2.45) is 0 Å². The zero-order valence-corrected chi connectivity index (χ0v) is 28.8. The Morgan fingerprint density at radius 1 is 0.850 bits per heavy atom. The van der Waals surface area contributed by atoms with Crippen LogP contribution in [0.4, 0.5) is 0 Å². The topological polar surface area (TPSA) is 88.4 Å². The Morgan fingerprint density at radius 2 is 1.43 bits per heavy atom. The highest BCUT2D eigenvalue weighted by Crippen LogP contribution is 2.45. The molecule has 1 fully saturated rings. The number of nitriles is 1. The molecule has 220 valence electrons. The lowest BCUT2D eigenvalue weighted by molar-refractivity contribution is 0.367. The van der Waals surface area contributed by atoms with E-state index in [0.717, 1.165) is 37.2 Å². The quantitative estimate of drug-likeness (QED) is 0.308. The molecule has 6 nitrogen and oxygen atoms in total. The minimum atomic E-state index is -3.69. The predicted molar refractivity (Wildman–Crippen MR) is 169 cm³/mol. The van der Waals surface area contributed by atoms with Crippen molar-refractivity contribution in [2.45, 2.75) is 120 Å². The molecule has 9 heteroatoms. The molecule has 1 saturated carbocycles. The number of nitrogens with zero attached hydrogens (tertiary/aromatic N) is 1. The van der Waals surface area contributed by atoms with E-state index in [-0.39, 0.29) is 26.9 Å². The van der Waals surface area contributed by atoms with Gasteiger partial charge in [0.2, 0.25) is 26.7 Å². The maximum atomic E-state index is 13.0. The third kappa shape index (κ3) is 7.58. The first-order valence-corrected chi connectivity index (χ1v) is 21.6. The molecule has 0 radical (unpaired) electrons. The minimum absolute atomic E-state index is 0.0549. The Bertz CT molecular complexity index is 1340. The van der Waals surface area contributed by atoms with Gasteiger partial charge < -0.3 is 8.85 Å². The molecule has 2 aromatic carbocycles. The highest BCUT2D eigenvalue weighted by molar-refractivity contribution is 7.89. The zero-order chi connectivity index (χ0) is 30.1. The lowest BCUT2D eigenvalue weighted by Crippen LogP contribution is -2.44. The van der Waals surface area contributed by atoms with Gasteiger partial charge in [-0.2, -0.15) is 5.26 Å². The summed E-state index contributed by atoms with van der Waals surface area (Å²) in [6, 6.07) is 14.4. The van der Waals surface area contributed by atoms with Crippen molar-refractivity contribution >= 4 is 26.7 Å². The molecule has 0 atom stereocenters. The van der Waals surface area contributed by atoms with Crippen LogP contribution in [0.25, 0.3) is 0 Å². The molecule has 0 heterocycles. The molecule has 0 bridgehead atoms. The zero-order valence-electron chi connectivity index (χ0n) is 26.0. The van der Waals surface area contributed by atoms with Crippen molar-refractivity contribution in [2.75, 3.05) is 0 Å². The summed E-state index contributed by atoms with van der Waals surface area (Å²) in [4.78, 5) is 0.135. The maximum Gasteiger partial charge on any atom is 0.250 e. The van der Waals surface area contributed by atoms with Crippen LogP contribution in [-0.2, 0) is 10.0 Å². The first kappa shape index (κ1) is 32.4. The first-order chi connectivity index (χ1) is 18.3. The molecule has 0 spiro atoms. The largest absolute Gasteiger partial charge is 0.543 e. The lowest BCUT2D eigenvalue weighted by Gasteiger charge is -2.39. The van der Waals surface area contributed by atoms with Crippen molar-refractivity contribution in [3.63, 3.8) is 0 Å². The van der Waals surface area contributed by atoms with E-state index in [1.165, 1.54) is 17.7 Å². The molecule has 3 rings (SSSR count). The van der Waals surface area contributed by atoms with Gasteiger partial charge in [0.1, 0.15) is 11.5 Å². The molecule has 40 heavy (non-hydrogen) atoms. The van der Waals surface area contributed by atoms with E-state index < -0.39 is 26.7 Å². The summed E-state index contributed by atoms with van der Waals surface area (Å²) in [5.74, 6) is 2.06. The van der Waals surface area contributed by atoms with E-state index in [1.54, 1.807) is 12.1 Å². The number of hydrogen-bond donors (Lipinski definition) is 1. The minimum Gasteiger partial charge on any atom is -0.543 e. The van der Waals surface area contributed by atoms with E-state index in [9.17, 15) is 8.42 Å². The van der Waals surface area contributed by atoms with Gasteiger partial charge in [0.05, 0.1) is 16.5 Å². The second-order valence-corrected chi connectivity index (χ2v) is 25.4. The third-order valence-corrected chi connectivity index (χ3v) is 19.3. The molecule has 2 aromatic rings. The summed E-state index contributed by atoms with van der Waals surface area (Å²) in [6.07, 6.45) is 3.20. The molecule has 0 aromatic heterocycles. The van der Waals surface area contributed by atoms with Crippen LogP contribution in [0.5, 0.6) is 11.5 Å². The summed E-state index contributed by atoms with van der Waals surface area (Å²) in [5.41, 5.74) is 1.53. The van der Waals surface area contributed by atoms with Crippen LogP contribution in [0.3, 0.4) is 0 Å². The highest BCUT2D eigenvalue weighted by atomic mass is 32.2. The van der Waals surface area contributed by atoms with Crippen LogP contribution in [0.2, 0.25) is 36.3 Å². The van der Waals surface area contributed by atoms with Crippen LogP contribution >= 0.6 is 0 Å². The van der Waals surface area contributed by atoms with Crippen molar-refractivity contribution < 1.29 is 17.3 Å². The lowest BCUT2D eigenvalue weighted by atomic mass is 9.81. The van der Waals surface area contributed by atoms with Gasteiger partial charge in [-0.25, -0.2) is 13.1 Å². The van der Waals surface area contributed by atoms with Gasteiger partial charge in [-0.1, -0.05) is 53.7 Å². The summed E-state index contributed by atoms with van der Waals surface area (Å²) in [7, 11) is -7.81. The fourth-order valence-electron chi connectivity index (χ4n) is 4.42. The Hall–Kier alpha value is -2.13. The predicted octanol–water partition coefficient (Wildman–Crippen LogP) is 8.33. The molecule has 1 aliphatic rings. The molecule has 0 amide bonds. The van der Waals surface area contributed by atoms with Crippen LogP contribution < -0.4 is 13.6 Å². The molecule has 1 N–H and O–H groups in total. The fraction of sp³-hybridized carbons (Fsp3) is 0.581. The number of nitrogens with one attached hydrogen (secondary N) is 1. The van der Waals surface area contributed by atoms with Crippen molar-refractivity contribution in [1.29, 1.82) is 5.26 Å². The second-order valence-electron chi connectivity index (χ2n) is 14.2. The van der Waals surface area contributed by atoms with E-state index in [0.29, 0.717) is 5.56 Å². The van der Waals surface area contributed by atoms with Crippen LogP contribution in [0.1, 0.15) is 84.3 Å². The van der Waals surface area contributed by atoms with Gasteiger partial charge >= 0.3 is 0 Å². The Labute approximate surface area is 244 Å². The number of benzene rings is 2. The van der Waals surface area contributed by atoms with Crippen LogP contribution in [-0.4, -0.2) is 31.1 Å². The average Bonchev–Trinajstić information content (AvgIpc) is 2.83. The number of hydrogen-bond acceptors (Lipinski definition) is 5. The van der Waals surface area contributed by atoms with Gasteiger partial charge in [0.25, 0.3) is 0 Å².